The van der Waals surface area contributed by atoms with E-state index in [-0.39, 0.29) is 16.7 Å². The summed E-state index contributed by atoms with van der Waals surface area (Å²) in [6, 6.07) is 0. The van der Waals surface area contributed by atoms with E-state index < -0.39 is 23.3 Å². The molecule has 1 spiro atoms. The number of aliphatic carboxylic acids is 2. The van der Waals surface area contributed by atoms with Crippen LogP contribution < -0.4 is 0 Å². The van der Waals surface area contributed by atoms with E-state index in [4.69, 9.17) is 0 Å². The first kappa shape index (κ1) is 16.2. The molecule has 4 saturated carbocycles. The largest absolute Gasteiger partial charge is 0.481 e. The van der Waals surface area contributed by atoms with Crippen LogP contribution in [0.3, 0.4) is 0 Å². The highest BCUT2D eigenvalue weighted by molar-refractivity contribution is 5.79. The molecule has 0 aromatic rings. The first-order valence-corrected chi connectivity index (χ1v) is 9.31. The van der Waals surface area contributed by atoms with E-state index in [9.17, 15) is 19.8 Å². The molecular weight excluding hydrogens is 304 g/mol. The Hall–Kier alpha value is -1.32. The molecule has 0 heterocycles. The minimum absolute atomic E-state index is 0.177. The summed E-state index contributed by atoms with van der Waals surface area (Å²) in [5.41, 5.74) is -0.152. The molecule has 24 heavy (non-hydrogen) atoms. The second kappa shape index (κ2) is 4.64. The molecule has 0 aromatic carbocycles. The van der Waals surface area contributed by atoms with Crippen LogP contribution in [0, 0.1) is 39.9 Å². The second-order valence-corrected chi connectivity index (χ2v) is 9.47. The fourth-order valence-electron chi connectivity index (χ4n) is 7.88. The lowest BCUT2D eigenvalue weighted by molar-refractivity contribution is -0.166. The molecule has 2 N–H and O–H groups in total. The highest BCUT2D eigenvalue weighted by atomic mass is 16.4. The predicted octanol–water partition coefficient (Wildman–Crippen LogP) is 3.96. The van der Waals surface area contributed by atoms with Crippen LogP contribution >= 0.6 is 0 Å². The van der Waals surface area contributed by atoms with Gasteiger partial charge in [-0.15, -0.1) is 0 Å². The molecule has 7 atom stereocenters. The lowest BCUT2D eigenvalue weighted by Crippen LogP contribution is -2.50. The van der Waals surface area contributed by atoms with Gasteiger partial charge in [-0.1, -0.05) is 25.5 Å². The van der Waals surface area contributed by atoms with Crippen LogP contribution in [0.4, 0.5) is 0 Å². The molecule has 0 radical (unpaired) electrons. The number of carbonyl (C=O) groups is 2. The van der Waals surface area contributed by atoms with Gasteiger partial charge < -0.3 is 10.2 Å². The van der Waals surface area contributed by atoms with Crippen LogP contribution in [-0.4, -0.2) is 22.2 Å². The van der Waals surface area contributed by atoms with Crippen LogP contribution in [0.2, 0.25) is 0 Å². The summed E-state index contributed by atoms with van der Waals surface area (Å²) in [6.45, 7) is 8.26. The van der Waals surface area contributed by atoms with E-state index in [2.05, 4.69) is 13.5 Å². The van der Waals surface area contributed by atoms with Gasteiger partial charge in [-0.2, -0.15) is 0 Å². The van der Waals surface area contributed by atoms with Gasteiger partial charge in [-0.05, 0) is 74.0 Å². The third kappa shape index (κ3) is 1.65. The molecule has 4 nitrogen and oxygen atoms in total. The standard InChI is InChI=1S/C20H28O4/c1-11-9-20-10-12(11)5-6-13(20)18(2)7-4-8-19(3,17(23)24)15(18)14(20)16(21)22/h12-15H,1,4-10H2,2-3H3,(H,21,22)(H,23,24)/t12?,13?,14?,15?,18?,19?,20-/m0/s1. The normalized spacial score (nSPS) is 52.7. The highest BCUT2D eigenvalue weighted by Gasteiger charge is 2.75. The van der Waals surface area contributed by atoms with Gasteiger partial charge in [0.25, 0.3) is 0 Å². The van der Waals surface area contributed by atoms with Gasteiger partial charge in [0, 0.05) is 0 Å². The van der Waals surface area contributed by atoms with E-state index >= 15 is 0 Å². The molecule has 4 fully saturated rings. The summed E-state index contributed by atoms with van der Waals surface area (Å²) in [7, 11) is 0. The fraction of sp³-hybridized carbons (Fsp3) is 0.800. The van der Waals surface area contributed by atoms with Gasteiger partial charge in [0.2, 0.25) is 0 Å². The lowest BCUT2D eigenvalue weighted by Gasteiger charge is -2.50. The summed E-state index contributed by atoms with van der Waals surface area (Å²) in [5, 5.41) is 20.2. The van der Waals surface area contributed by atoms with Crippen LogP contribution in [0.5, 0.6) is 0 Å². The smallest absolute Gasteiger partial charge is 0.309 e. The number of carboxylic acids is 2. The quantitative estimate of drug-likeness (QED) is 0.751. The van der Waals surface area contributed by atoms with E-state index in [0.717, 1.165) is 38.5 Å². The molecule has 6 unspecified atom stereocenters. The van der Waals surface area contributed by atoms with Crippen molar-refractivity contribution in [3.63, 3.8) is 0 Å². The number of carboxylic acid groups (broad SMARTS) is 2. The third-order valence-electron chi connectivity index (χ3n) is 8.57. The number of hydrogen-bond acceptors (Lipinski definition) is 2. The molecule has 2 bridgehead atoms. The number of allylic oxidation sites excluding steroid dienone is 1. The van der Waals surface area contributed by atoms with Gasteiger partial charge in [0.1, 0.15) is 0 Å². The van der Waals surface area contributed by atoms with Crippen molar-refractivity contribution in [2.75, 3.05) is 0 Å². The number of rotatable bonds is 2. The Morgan fingerprint density at radius 3 is 2.50 bits per heavy atom. The summed E-state index contributed by atoms with van der Waals surface area (Å²) in [5.74, 6) is -1.64. The first-order chi connectivity index (χ1) is 11.2. The van der Waals surface area contributed by atoms with Crippen molar-refractivity contribution < 1.29 is 19.8 Å². The van der Waals surface area contributed by atoms with E-state index in [1.54, 1.807) is 0 Å². The Morgan fingerprint density at radius 2 is 1.88 bits per heavy atom. The zero-order valence-electron chi connectivity index (χ0n) is 14.7. The zero-order valence-corrected chi connectivity index (χ0v) is 14.7. The topological polar surface area (TPSA) is 74.6 Å². The van der Waals surface area contributed by atoms with Crippen LogP contribution in [0.1, 0.15) is 58.8 Å². The van der Waals surface area contributed by atoms with Crippen molar-refractivity contribution in [1.82, 2.24) is 0 Å². The van der Waals surface area contributed by atoms with Gasteiger partial charge in [0.15, 0.2) is 0 Å². The monoisotopic (exact) mass is 332 g/mol. The predicted molar refractivity (Wildman–Crippen MR) is 89.3 cm³/mol. The Labute approximate surface area is 143 Å². The average Bonchev–Trinajstić information content (AvgIpc) is 2.87. The van der Waals surface area contributed by atoms with Crippen molar-refractivity contribution in [2.24, 2.45) is 39.9 Å². The second-order valence-electron chi connectivity index (χ2n) is 9.47. The van der Waals surface area contributed by atoms with Crippen molar-refractivity contribution >= 4 is 11.9 Å². The summed E-state index contributed by atoms with van der Waals surface area (Å²) < 4.78 is 0. The van der Waals surface area contributed by atoms with E-state index in [0.29, 0.717) is 18.3 Å². The zero-order chi connectivity index (χ0) is 17.5. The molecule has 4 aliphatic rings. The molecule has 0 aliphatic heterocycles. The van der Waals surface area contributed by atoms with Gasteiger partial charge in [-0.3, -0.25) is 9.59 Å². The number of fused-ring (bicyclic) bond motifs is 3. The van der Waals surface area contributed by atoms with Crippen LogP contribution in [-0.2, 0) is 9.59 Å². The summed E-state index contributed by atoms with van der Waals surface area (Å²) in [6.07, 6.45) is 6.29. The van der Waals surface area contributed by atoms with Gasteiger partial charge >= 0.3 is 11.9 Å². The maximum absolute atomic E-state index is 12.4. The van der Waals surface area contributed by atoms with Crippen molar-refractivity contribution in [1.29, 1.82) is 0 Å². The van der Waals surface area contributed by atoms with E-state index in [1.807, 2.05) is 6.92 Å². The molecular formula is C20H28O4. The van der Waals surface area contributed by atoms with Crippen LogP contribution in [0.25, 0.3) is 0 Å². The molecule has 4 aliphatic carbocycles. The molecule has 4 heteroatoms. The van der Waals surface area contributed by atoms with Crippen molar-refractivity contribution in [3.05, 3.63) is 12.2 Å². The summed E-state index contributed by atoms with van der Waals surface area (Å²) >= 11 is 0. The Kier molecular flexibility index (Phi) is 3.13. The maximum Gasteiger partial charge on any atom is 0.309 e. The van der Waals surface area contributed by atoms with Gasteiger partial charge in [0.05, 0.1) is 11.3 Å². The molecule has 4 rings (SSSR count). The first-order valence-electron chi connectivity index (χ1n) is 9.31. The van der Waals surface area contributed by atoms with Crippen LogP contribution in [0.15, 0.2) is 12.2 Å². The molecule has 0 aromatic heterocycles. The Morgan fingerprint density at radius 1 is 1.17 bits per heavy atom. The Bertz CT molecular complexity index is 640. The average molecular weight is 332 g/mol. The fourth-order valence-corrected chi connectivity index (χ4v) is 7.88. The third-order valence-corrected chi connectivity index (χ3v) is 8.57. The molecule has 0 amide bonds. The van der Waals surface area contributed by atoms with Crippen molar-refractivity contribution in [2.45, 2.75) is 58.8 Å². The molecule has 132 valence electrons. The molecule has 0 saturated heterocycles. The van der Waals surface area contributed by atoms with Crippen molar-refractivity contribution in [3.8, 4) is 0 Å². The minimum atomic E-state index is -0.929. The SMILES string of the molecule is C=C1C[C@]23CC1CCC2C1(C)CCCC(C)(C(=O)O)C1C3C(=O)O. The Balaban J connectivity index is 1.93. The highest BCUT2D eigenvalue weighted by Crippen LogP contribution is 2.77. The lowest BCUT2D eigenvalue weighted by atomic mass is 9.53. The maximum atomic E-state index is 12.4. The van der Waals surface area contributed by atoms with Gasteiger partial charge in [-0.25, -0.2) is 0 Å². The number of hydrogen-bond donors (Lipinski definition) is 2. The van der Waals surface area contributed by atoms with E-state index in [1.165, 1.54) is 5.57 Å². The minimum Gasteiger partial charge on any atom is -0.481 e. The summed E-state index contributed by atoms with van der Waals surface area (Å²) in [4.78, 5) is 24.6.